The maximum Gasteiger partial charge on any atom is 0.241 e. The van der Waals surface area contributed by atoms with Gasteiger partial charge in [-0.25, -0.2) is 13.1 Å². The van der Waals surface area contributed by atoms with E-state index in [2.05, 4.69) is 20.7 Å². The van der Waals surface area contributed by atoms with E-state index < -0.39 is 16.1 Å². The van der Waals surface area contributed by atoms with Gasteiger partial charge in [-0.05, 0) is 30.7 Å². The number of halogens is 1. The molecule has 1 N–H and O–H groups in total. The Kier molecular flexibility index (Phi) is 5.50. The minimum Gasteiger partial charge on any atom is -0.303 e. The number of aldehydes is 1. The summed E-state index contributed by atoms with van der Waals surface area (Å²) in [5, 5.41) is 0. The molecule has 116 valence electrons. The highest BCUT2D eigenvalue weighted by Crippen LogP contribution is 2.26. The summed E-state index contributed by atoms with van der Waals surface area (Å²) in [4.78, 5) is 11.1. The van der Waals surface area contributed by atoms with Crippen LogP contribution in [0.25, 0.3) is 0 Å². The van der Waals surface area contributed by atoms with Gasteiger partial charge in [0.25, 0.3) is 0 Å². The largest absolute Gasteiger partial charge is 0.303 e. The number of hydrogen-bond donors (Lipinski definition) is 1. The van der Waals surface area contributed by atoms with Crippen LogP contribution in [0.15, 0.2) is 57.9 Å². The maximum atomic E-state index is 12.5. The van der Waals surface area contributed by atoms with Crippen LogP contribution in [0.3, 0.4) is 0 Å². The predicted octanol–water partition coefficient (Wildman–Crippen LogP) is 3.37. The van der Waals surface area contributed by atoms with Crippen molar-refractivity contribution in [1.82, 2.24) is 4.72 Å². The summed E-state index contributed by atoms with van der Waals surface area (Å²) in [7, 11) is -3.69. The van der Waals surface area contributed by atoms with E-state index in [4.69, 9.17) is 0 Å². The zero-order chi connectivity index (χ0) is 16.2. The number of benzene rings is 2. The third-order valence-electron chi connectivity index (χ3n) is 3.24. The lowest BCUT2D eigenvalue weighted by Crippen LogP contribution is -2.29. The predicted molar refractivity (Wildman–Crippen MR) is 89.1 cm³/mol. The molecule has 0 amide bonds. The quantitative estimate of drug-likeness (QED) is 0.780. The second-order valence-corrected chi connectivity index (χ2v) is 7.48. The Labute approximate surface area is 138 Å². The highest BCUT2D eigenvalue weighted by molar-refractivity contribution is 9.10. The normalized spacial score (nSPS) is 12.8. The van der Waals surface area contributed by atoms with Crippen LogP contribution in [0.4, 0.5) is 0 Å². The first-order valence-electron chi connectivity index (χ1n) is 6.71. The Morgan fingerprint density at radius 1 is 1.14 bits per heavy atom. The van der Waals surface area contributed by atoms with Gasteiger partial charge in [0.1, 0.15) is 6.29 Å². The molecule has 0 fully saturated rings. The van der Waals surface area contributed by atoms with Gasteiger partial charge in [-0.15, -0.1) is 0 Å². The molecule has 0 saturated heterocycles. The Morgan fingerprint density at radius 3 is 2.36 bits per heavy atom. The topological polar surface area (TPSA) is 63.2 Å². The van der Waals surface area contributed by atoms with Gasteiger partial charge in [-0.2, -0.15) is 0 Å². The fourth-order valence-corrected chi connectivity index (χ4v) is 3.85. The van der Waals surface area contributed by atoms with Crippen LogP contribution in [0.5, 0.6) is 0 Å². The molecular weight excluding hydrogens is 366 g/mol. The van der Waals surface area contributed by atoms with Crippen LogP contribution in [0.1, 0.15) is 23.6 Å². The summed E-state index contributed by atoms with van der Waals surface area (Å²) in [5.41, 5.74) is 1.71. The van der Waals surface area contributed by atoms with Gasteiger partial charge >= 0.3 is 0 Å². The van der Waals surface area contributed by atoms with Crippen molar-refractivity contribution in [2.45, 2.75) is 24.3 Å². The third-order valence-corrected chi connectivity index (χ3v) is 5.45. The lowest BCUT2D eigenvalue weighted by atomic mass is 10.1. The highest BCUT2D eigenvalue weighted by atomic mass is 79.9. The van der Waals surface area contributed by atoms with Gasteiger partial charge in [0.15, 0.2) is 0 Å². The first-order valence-corrected chi connectivity index (χ1v) is 8.98. The van der Waals surface area contributed by atoms with E-state index in [0.29, 0.717) is 6.29 Å². The second kappa shape index (κ2) is 7.17. The van der Waals surface area contributed by atoms with E-state index in [1.54, 1.807) is 36.4 Å². The maximum absolute atomic E-state index is 12.5. The zero-order valence-corrected chi connectivity index (χ0v) is 14.4. The molecule has 1 unspecified atom stereocenters. The van der Waals surface area contributed by atoms with Gasteiger partial charge in [0, 0.05) is 10.9 Å². The zero-order valence-electron chi connectivity index (χ0n) is 12.0. The molecule has 0 aliphatic heterocycles. The van der Waals surface area contributed by atoms with Crippen LogP contribution in [-0.2, 0) is 14.8 Å². The van der Waals surface area contributed by atoms with Gasteiger partial charge in [-0.1, -0.05) is 51.8 Å². The second-order valence-electron chi connectivity index (χ2n) is 4.91. The molecule has 0 spiro atoms. The summed E-state index contributed by atoms with van der Waals surface area (Å²) in [6.07, 6.45) is 0.773. The molecule has 1 atom stereocenters. The SMILES string of the molecule is Cc1ccc(S(=O)(=O)NC(CC=O)c2ccccc2Br)cc1. The lowest BCUT2D eigenvalue weighted by Gasteiger charge is -2.18. The van der Waals surface area contributed by atoms with Gasteiger partial charge in [0.05, 0.1) is 10.9 Å². The van der Waals surface area contributed by atoms with Crippen molar-refractivity contribution >= 4 is 32.2 Å². The fraction of sp³-hybridized carbons (Fsp3) is 0.188. The van der Waals surface area contributed by atoms with Gasteiger partial charge < -0.3 is 4.79 Å². The molecule has 0 aromatic heterocycles. The van der Waals surface area contributed by atoms with Crippen molar-refractivity contribution in [3.8, 4) is 0 Å². The average Bonchev–Trinajstić information content (AvgIpc) is 2.47. The Hall–Kier alpha value is -1.50. The summed E-state index contributed by atoms with van der Waals surface area (Å²) in [6, 6.07) is 13.2. The summed E-state index contributed by atoms with van der Waals surface area (Å²) in [5.74, 6) is 0. The molecule has 2 rings (SSSR count). The minimum absolute atomic E-state index is 0.0632. The molecule has 4 nitrogen and oxygen atoms in total. The highest BCUT2D eigenvalue weighted by Gasteiger charge is 2.22. The summed E-state index contributed by atoms with van der Waals surface area (Å²) in [6.45, 7) is 1.89. The summed E-state index contributed by atoms with van der Waals surface area (Å²) < 4.78 is 28.3. The van der Waals surface area contributed by atoms with E-state index in [9.17, 15) is 13.2 Å². The molecule has 2 aromatic carbocycles. The first kappa shape index (κ1) is 16.9. The molecule has 0 saturated carbocycles. The number of carbonyl (C=O) groups is 1. The number of rotatable bonds is 6. The fourth-order valence-electron chi connectivity index (χ4n) is 2.07. The molecule has 2 aromatic rings. The molecule has 0 radical (unpaired) electrons. The Bertz CT molecular complexity index is 757. The van der Waals surface area contributed by atoms with Crippen LogP contribution in [0.2, 0.25) is 0 Å². The number of aryl methyl sites for hydroxylation is 1. The van der Waals surface area contributed by atoms with Gasteiger partial charge in [-0.3, -0.25) is 0 Å². The molecule has 0 aliphatic carbocycles. The van der Waals surface area contributed by atoms with E-state index in [1.165, 1.54) is 0 Å². The van der Waals surface area contributed by atoms with E-state index >= 15 is 0 Å². The van der Waals surface area contributed by atoms with Gasteiger partial charge in [0.2, 0.25) is 10.0 Å². The standard InChI is InChI=1S/C16H16BrNO3S/c1-12-6-8-13(9-7-12)22(20,21)18-16(10-11-19)14-4-2-3-5-15(14)17/h2-9,11,16,18H,10H2,1H3. The molecule has 0 heterocycles. The monoisotopic (exact) mass is 381 g/mol. The first-order chi connectivity index (χ1) is 10.4. The smallest absolute Gasteiger partial charge is 0.241 e. The van der Waals surface area contributed by atoms with Crippen molar-refractivity contribution in [3.63, 3.8) is 0 Å². The van der Waals surface area contributed by atoms with E-state index in [1.807, 2.05) is 19.1 Å². The van der Waals surface area contributed by atoms with Crippen molar-refractivity contribution in [3.05, 3.63) is 64.1 Å². The lowest BCUT2D eigenvalue weighted by molar-refractivity contribution is -0.108. The molecular formula is C16H16BrNO3S. The van der Waals surface area contributed by atoms with Crippen LogP contribution < -0.4 is 4.72 Å². The molecule has 0 aliphatic rings. The van der Waals surface area contributed by atoms with E-state index in [0.717, 1.165) is 15.6 Å². The van der Waals surface area contributed by atoms with Crippen molar-refractivity contribution < 1.29 is 13.2 Å². The Balaban J connectivity index is 2.33. The minimum atomic E-state index is -3.69. The van der Waals surface area contributed by atoms with Crippen molar-refractivity contribution in [1.29, 1.82) is 0 Å². The van der Waals surface area contributed by atoms with Crippen LogP contribution >= 0.6 is 15.9 Å². The number of sulfonamides is 1. The van der Waals surface area contributed by atoms with Crippen molar-refractivity contribution in [2.24, 2.45) is 0 Å². The number of nitrogens with one attached hydrogen (secondary N) is 1. The van der Waals surface area contributed by atoms with E-state index in [-0.39, 0.29) is 11.3 Å². The number of carbonyl (C=O) groups excluding carboxylic acids is 1. The molecule has 0 bridgehead atoms. The molecule has 22 heavy (non-hydrogen) atoms. The third kappa shape index (κ3) is 4.03. The van der Waals surface area contributed by atoms with Crippen molar-refractivity contribution in [2.75, 3.05) is 0 Å². The van der Waals surface area contributed by atoms with Crippen LogP contribution in [0, 0.1) is 6.92 Å². The summed E-state index contributed by atoms with van der Waals surface area (Å²) >= 11 is 3.39. The number of hydrogen-bond acceptors (Lipinski definition) is 3. The van der Waals surface area contributed by atoms with Crippen LogP contribution in [-0.4, -0.2) is 14.7 Å². The molecule has 6 heteroatoms. The average molecular weight is 382 g/mol. The Morgan fingerprint density at radius 2 is 1.77 bits per heavy atom.